The second-order valence-electron chi connectivity index (χ2n) is 7.80. The quantitative estimate of drug-likeness (QED) is 0.560. The Bertz CT molecular complexity index is 407. The van der Waals surface area contributed by atoms with Crippen molar-refractivity contribution in [2.24, 2.45) is 5.92 Å². The molecule has 1 fully saturated rings. The molecule has 1 aromatic carbocycles. The third-order valence-corrected chi connectivity index (χ3v) is 4.74. The van der Waals surface area contributed by atoms with Gasteiger partial charge in [0.15, 0.2) is 0 Å². The molecule has 0 atom stereocenters. The molecule has 1 saturated carbocycles. The van der Waals surface area contributed by atoms with Crippen LogP contribution in [0, 0.1) is 12.8 Å². The molecule has 2 nitrogen and oxygen atoms in total. The van der Waals surface area contributed by atoms with Crippen molar-refractivity contribution in [3.63, 3.8) is 0 Å². The van der Waals surface area contributed by atoms with Gasteiger partial charge < -0.3 is 10.1 Å². The number of ether oxygens (including phenoxy) is 1. The Hall–Kier alpha value is -0.860. The molecular formula is C23H41NO. The first kappa shape index (κ1) is 22.2. The third kappa shape index (κ3) is 12.2. The molecule has 144 valence electrons. The lowest BCUT2D eigenvalue weighted by atomic mass is 9.98. The molecule has 0 heterocycles. The van der Waals surface area contributed by atoms with E-state index in [9.17, 15) is 0 Å². The lowest BCUT2D eigenvalue weighted by Gasteiger charge is -2.22. The summed E-state index contributed by atoms with van der Waals surface area (Å²) in [7, 11) is 0. The normalized spacial score (nSPS) is 15.1. The molecule has 0 aliphatic heterocycles. The lowest BCUT2D eigenvalue weighted by Crippen LogP contribution is -2.25. The van der Waals surface area contributed by atoms with Crippen LogP contribution >= 0.6 is 0 Å². The highest BCUT2D eigenvalue weighted by atomic mass is 16.5. The van der Waals surface area contributed by atoms with Crippen LogP contribution in [0.15, 0.2) is 24.3 Å². The van der Waals surface area contributed by atoms with Crippen LogP contribution in [0.5, 0.6) is 0 Å². The van der Waals surface area contributed by atoms with Gasteiger partial charge in [-0.2, -0.15) is 0 Å². The topological polar surface area (TPSA) is 21.3 Å². The zero-order valence-corrected chi connectivity index (χ0v) is 17.2. The van der Waals surface area contributed by atoms with E-state index < -0.39 is 0 Å². The van der Waals surface area contributed by atoms with Gasteiger partial charge in [0, 0.05) is 6.54 Å². The van der Waals surface area contributed by atoms with Gasteiger partial charge in [-0.1, -0.05) is 76.3 Å². The average Bonchev–Trinajstić information content (AvgIpc) is 2.61. The minimum absolute atomic E-state index is 0.561. The molecule has 0 unspecified atom stereocenters. The zero-order valence-electron chi connectivity index (χ0n) is 17.2. The van der Waals surface area contributed by atoms with Crippen molar-refractivity contribution in [1.29, 1.82) is 0 Å². The van der Waals surface area contributed by atoms with Crippen LogP contribution in [0.4, 0.5) is 0 Å². The summed E-state index contributed by atoms with van der Waals surface area (Å²) in [6.45, 7) is 11.9. The Morgan fingerprint density at radius 1 is 1.04 bits per heavy atom. The minimum atomic E-state index is 0.561. The Morgan fingerprint density at radius 3 is 2.32 bits per heavy atom. The van der Waals surface area contributed by atoms with Gasteiger partial charge in [0.25, 0.3) is 0 Å². The molecule has 0 radical (unpaired) electrons. The number of aryl methyl sites for hydroxylation is 2. The monoisotopic (exact) mass is 347 g/mol. The van der Waals surface area contributed by atoms with Crippen LogP contribution in [0.25, 0.3) is 0 Å². The SMILES string of the molecule is CC(C)CCNCCOC1CCCCC1.CCCc1ccc(C)cc1. The maximum atomic E-state index is 5.83. The average molecular weight is 348 g/mol. The molecule has 2 rings (SSSR count). The van der Waals surface area contributed by atoms with E-state index in [0.717, 1.165) is 25.6 Å². The Balaban J connectivity index is 0.000000271. The van der Waals surface area contributed by atoms with E-state index in [0.29, 0.717) is 6.10 Å². The molecule has 1 aliphatic rings. The molecule has 25 heavy (non-hydrogen) atoms. The number of rotatable bonds is 9. The van der Waals surface area contributed by atoms with Crippen molar-refractivity contribution in [3.05, 3.63) is 35.4 Å². The molecule has 0 saturated heterocycles. The van der Waals surface area contributed by atoms with E-state index in [4.69, 9.17) is 4.74 Å². The fourth-order valence-electron chi connectivity index (χ4n) is 3.09. The molecule has 0 bridgehead atoms. The summed E-state index contributed by atoms with van der Waals surface area (Å²) >= 11 is 0. The third-order valence-electron chi connectivity index (χ3n) is 4.74. The van der Waals surface area contributed by atoms with Gasteiger partial charge in [-0.05, 0) is 50.6 Å². The van der Waals surface area contributed by atoms with E-state index in [1.165, 1.54) is 62.5 Å². The maximum Gasteiger partial charge on any atom is 0.0594 e. The fraction of sp³-hybridized carbons (Fsp3) is 0.739. The zero-order chi connectivity index (χ0) is 18.3. The van der Waals surface area contributed by atoms with Crippen LogP contribution in [0.1, 0.15) is 76.8 Å². The Morgan fingerprint density at radius 2 is 1.72 bits per heavy atom. The summed E-state index contributed by atoms with van der Waals surface area (Å²) in [6.07, 6.45) is 11.0. The molecular weight excluding hydrogens is 306 g/mol. The lowest BCUT2D eigenvalue weighted by molar-refractivity contribution is 0.0303. The highest BCUT2D eigenvalue weighted by molar-refractivity contribution is 5.21. The standard InChI is InChI=1S/C13H27NO.C10H14/c1-12(2)8-9-14-10-11-15-13-6-4-3-5-7-13;1-3-4-10-7-5-9(2)6-8-10/h12-14H,3-11H2,1-2H3;5-8H,3-4H2,1-2H3. The number of hydrogen-bond donors (Lipinski definition) is 1. The second kappa shape index (κ2) is 14.3. The van der Waals surface area contributed by atoms with Crippen molar-refractivity contribution in [2.75, 3.05) is 19.7 Å². The predicted octanol–water partition coefficient (Wildman–Crippen LogP) is 5.92. The van der Waals surface area contributed by atoms with Gasteiger partial charge in [-0.25, -0.2) is 0 Å². The summed E-state index contributed by atoms with van der Waals surface area (Å²) in [5, 5.41) is 3.43. The van der Waals surface area contributed by atoms with Gasteiger partial charge in [-0.3, -0.25) is 0 Å². The van der Waals surface area contributed by atoms with Crippen molar-refractivity contribution in [3.8, 4) is 0 Å². The van der Waals surface area contributed by atoms with E-state index >= 15 is 0 Å². The molecule has 1 aliphatic carbocycles. The minimum Gasteiger partial charge on any atom is -0.377 e. The van der Waals surface area contributed by atoms with Gasteiger partial charge in [0.05, 0.1) is 12.7 Å². The van der Waals surface area contributed by atoms with Crippen LogP contribution in [0.2, 0.25) is 0 Å². The van der Waals surface area contributed by atoms with E-state index in [1.54, 1.807) is 0 Å². The largest absolute Gasteiger partial charge is 0.377 e. The summed E-state index contributed by atoms with van der Waals surface area (Å²) < 4.78 is 5.83. The van der Waals surface area contributed by atoms with Crippen molar-refractivity contribution < 1.29 is 4.74 Å². The predicted molar refractivity (Wildman–Crippen MR) is 110 cm³/mol. The van der Waals surface area contributed by atoms with Gasteiger partial charge in [0.2, 0.25) is 0 Å². The molecule has 0 amide bonds. The summed E-state index contributed by atoms with van der Waals surface area (Å²) in [6, 6.07) is 8.76. The summed E-state index contributed by atoms with van der Waals surface area (Å²) in [4.78, 5) is 0. The van der Waals surface area contributed by atoms with E-state index in [2.05, 4.69) is 57.3 Å². The molecule has 0 aromatic heterocycles. The highest BCUT2D eigenvalue weighted by Gasteiger charge is 2.12. The number of hydrogen-bond acceptors (Lipinski definition) is 2. The van der Waals surface area contributed by atoms with Gasteiger partial charge >= 0.3 is 0 Å². The van der Waals surface area contributed by atoms with Crippen LogP contribution in [0.3, 0.4) is 0 Å². The molecule has 0 spiro atoms. The van der Waals surface area contributed by atoms with Crippen molar-refractivity contribution in [2.45, 2.75) is 85.2 Å². The number of nitrogens with one attached hydrogen (secondary N) is 1. The van der Waals surface area contributed by atoms with Crippen molar-refractivity contribution >= 4 is 0 Å². The van der Waals surface area contributed by atoms with E-state index in [1.807, 2.05) is 0 Å². The maximum absolute atomic E-state index is 5.83. The smallest absolute Gasteiger partial charge is 0.0594 e. The summed E-state index contributed by atoms with van der Waals surface area (Å²) in [5.41, 5.74) is 2.80. The fourth-order valence-corrected chi connectivity index (χ4v) is 3.09. The van der Waals surface area contributed by atoms with E-state index in [-0.39, 0.29) is 0 Å². The van der Waals surface area contributed by atoms with Gasteiger partial charge in [0.1, 0.15) is 0 Å². The first-order chi connectivity index (χ1) is 12.1. The second-order valence-corrected chi connectivity index (χ2v) is 7.80. The summed E-state index contributed by atoms with van der Waals surface area (Å²) in [5.74, 6) is 0.803. The molecule has 2 heteroatoms. The Kier molecular flexibility index (Phi) is 12.7. The van der Waals surface area contributed by atoms with Gasteiger partial charge in [-0.15, -0.1) is 0 Å². The van der Waals surface area contributed by atoms with Crippen LogP contribution in [-0.2, 0) is 11.2 Å². The first-order valence-electron chi connectivity index (χ1n) is 10.5. The number of benzene rings is 1. The first-order valence-corrected chi connectivity index (χ1v) is 10.5. The Labute approximate surface area is 156 Å². The van der Waals surface area contributed by atoms with Crippen LogP contribution in [-0.4, -0.2) is 25.8 Å². The van der Waals surface area contributed by atoms with Crippen molar-refractivity contribution in [1.82, 2.24) is 5.32 Å². The van der Waals surface area contributed by atoms with Crippen LogP contribution < -0.4 is 5.32 Å². The molecule has 1 aromatic rings. The molecule has 1 N–H and O–H groups in total. The highest BCUT2D eigenvalue weighted by Crippen LogP contribution is 2.19.